The number of rotatable bonds is 5. The Labute approximate surface area is 108 Å². The minimum atomic E-state index is -3.24. The minimum Gasteiger partial charge on any atom is -0.253 e. The Morgan fingerprint density at radius 1 is 1.28 bits per heavy atom. The molecule has 0 saturated carbocycles. The van der Waals surface area contributed by atoms with Gasteiger partial charge in [0.1, 0.15) is 0 Å². The molecule has 5 nitrogen and oxygen atoms in total. The molecule has 1 aliphatic rings. The highest BCUT2D eigenvalue weighted by Crippen LogP contribution is 2.05. The van der Waals surface area contributed by atoms with Gasteiger partial charge in [0, 0.05) is 6.04 Å². The lowest BCUT2D eigenvalue weighted by atomic mass is 10.2. The zero-order valence-corrected chi connectivity index (χ0v) is 11.2. The smallest absolute Gasteiger partial charge is 0.213 e. The second-order valence-electron chi connectivity index (χ2n) is 4.65. The van der Waals surface area contributed by atoms with E-state index in [2.05, 4.69) is 15.6 Å². The second-order valence-corrected chi connectivity index (χ2v) is 6.52. The largest absolute Gasteiger partial charge is 0.253 e. The Hall–Kier alpha value is -0.950. The summed E-state index contributed by atoms with van der Waals surface area (Å²) >= 11 is 0. The van der Waals surface area contributed by atoms with Crippen LogP contribution in [0.15, 0.2) is 30.3 Å². The van der Waals surface area contributed by atoms with Gasteiger partial charge in [-0.1, -0.05) is 30.3 Å². The molecule has 1 aliphatic heterocycles. The van der Waals surface area contributed by atoms with E-state index in [0.29, 0.717) is 6.42 Å². The lowest BCUT2D eigenvalue weighted by molar-refractivity contribution is 0.505. The quantitative estimate of drug-likeness (QED) is 0.722. The maximum Gasteiger partial charge on any atom is 0.213 e. The Kier molecular flexibility index (Phi) is 4.34. The van der Waals surface area contributed by atoms with Crippen molar-refractivity contribution in [3.63, 3.8) is 0 Å². The van der Waals surface area contributed by atoms with Crippen LogP contribution in [0.5, 0.6) is 0 Å². The molecule has 2 atom stereocenters. The van der Waals surface area contributed by atoms with Crippen LogP contribution in [-0.4, -0.2) is 26.4 Å². The number of hydrogen-bond donors (Lipinski definition) is 3. The maximum absolute atomic E-state index is 11.9. The standard InChI is InChI=1S/C12H19N3O2S/c1-10-9-12(14-13-10)15-18(16,17)8-7-11-5-3-2-4-6-11/h2-6,10,12-15H,7-9H2,1H3. The minimum absolute atomic E-state index is 0.115. The van der Waals surface area contributed by atoms with Gasteiger partial charge in [-0.15, -0.1) is 0 Å². The average Bonchev–Trinajstić information content (AvgIpc) is 2.73. The molecule has 1 aromatic carbocycles. The van der Waals surface area contributed by atoms with Crippen LogP contribution in [0, 0.1) is 0 Å². The number of nitrogens with one attached hydrogen (secondary N) is 3. The Balaban J connectivity index is 1.84. The summed E-state index contributed by atoms with van der Waals surface area (Å²) in [6.07, 6.45) is 1.08. The fourth-order valence-corrected chi connectivity index (χ4v) is 3.18. The highest BCUT2D eigenvalue weighted by atomic mass is 32.2. The van der Waals surface area contributed by atoms with Crippen molar-refractivity contribution in [2.75, 3.05) is 5.75 Å². The Bertz CT molecular complexity index is 475. The SMILES string of the molecule is CC1CC(NS(=O)(=O)CCc2ccccc2)NN1. The van der Waals surface area contributed by atoms with Crippen molar-refractivity contribution in [3.8, 4) is 0 Å². The van der Waals surface area contributed by atoms with Crippen LogP contribution in [0.25, 0.3) is 0 Å². The molecule has 1 fully saturated rings. The summed E-state index contributed by atoms with van der Waals surface area (Å²) in [5, 5.41) is 0. The molecule has 1 saturated heterocycles. The van der Waals surface area contributed by atoms with Crippen molar-refractivity contribution in [1.29, 1.82) is 0 Å². The first-order valence-electron chi connectivity index (χ1n) is 6.10. The van der Waals surface area contributed by atoms with E-state index in [1.165, 1.54) is 0 Å². The summed E-state index contributed by atoms with van der Waals surface area (Å²) in [5.41, 5.74) is 6.95. The van der Waals surface area contributed by atoms with E-state index < -0.39 is 10.0 Å². The fourth-order valence-electron chi connectivity index (χ4n) is 1.96. The van der Waals surface area contributed by atoms with E-state index in [0.717, 1.165) is 12.0 Å². The summed E-state index contributed by atoms with van der Waals surface area (Å²) in [7, 11) is -3.24. The van der Waals surface area contributed by atoms with Gasteiger partial charge in [-0.25, -0.2) is 13.8 Å². The Morgan fingerprint density at radius 3 is 2.61 bits per heavy atom. The molecule has 2 unspecified atom stereocenters. The van der Waals surface area contributed by atoms with E-state index in [9.17, 15) is 8.42 Å². The topological polar surface area (TPSA) is 70.2 Å². The van der Waals surface area contributed by atoms with Crippen molar-refractivity contribution in [2.24, 2.45) is 0 Å². The molecule has 3 N–H and O–H groups in total. The molecule has 0 bridgehead atoms. The van der Waals surface area contributed by atoms with Gasteiger partial charge in [-0.05, 0) is 25.3 Å². The summed E-state index contributed by atoms with van der Waals surface area (Å²) in [4.78, 5) is 0. The van der Waals surface area contributed by atoms with Gasteiger partial charge in [0.05, 0.1) is 11.9 Å². The summed E-state index contributed by atoms with van der Waals surface area (Å²) in [5.74, 6) is 0.115. The highest BCUT2D eigenvalue weighted by Gasteiger charge is 2.24. The number of sulfonamides is 1. The van der Waals surface area contributed by atoms with Crippen LogP contribution in [0.4, 0.5) is 0 Å². The van der Waals surface area contributed by atoms with Crippen molar-refractivity contribution < 1.29 is 8.42 Å². The zero-order chi connectivity index (χ0) is 13.0. The molecule has 0 aromatic heterocycles. The predicted molar refractivity (Wildman–Crippen MR) is 71.2 cm³/mol. The van der Waals surface area contributed by atoms with Crippen molar-refractivity contribution >= 4 is 10.0 Å². The van der Waals surface area contributed by atoms with E-state index in [-0.39, 0.29) is 18.0 Å². The van der Waals surface area contributed by atoms with Crippen molar-refractivity contribution in [3.05, 3.63) is 35.9 Å². The summed E-state index contributed by atoms with van der Waals surface area (Å²) in [6, 6.07) is 9.91. The van der Waals surface area contributed by atoms with Gasteiger partial charge < -0.3 is 0 Å². The molecule has 1 aromatic rings. The van der Waals surface area contributed by atoms with Crippen LogP contribution in [0.3, 0.4) is 0 Å². The second kappa shape index (κ2) is 5.79. The van der Waals surface area contributed by atoms with E-state index in [1.807, 2.05) is 37.3 Å². The first-order valence-corrected chi connectivity index (χ1v) is 7.75. The molecule has 0 aliphatic carbocycles. The van der Waals surface area contributed by atoms with Crippen LogP contribution in [-0.2, 0) is 16.4 Å². The van der Waals surface area contributed by atoms with Crippen LogP contribution in [0.1, 0.15) is 18.9 Å². The number of hydrogen-bond acceptors (Lipinski definition) is 4. The van der Waals surface area contributed by atoms with E-state index in [4.69, 9.17) is 0 Å². The van der Waals surface area contributed by atoms with Gasteiger partial charge in [0.15, 0.2) is 0 Å². The van der Waals surface area contributed by atoms with Gasteiger partial charge in [-0.2, -0.15) is 4.72 Å². The molecule has 2 rings (SSSR count). The first kappa shape index (κ1) is 13.5. The van der Waals surface area contributed by atoms with E-state index in [1.54, 1.807) is 0 Å². The Morgan fingerprint density at radius 2 is 2.00 bits per heavy atom. The lowest BCUT2D eigenvalue weighted by Gasteiger charge is -2.12. The predicted octanol–water partition coefficient (Wildman–Crippen LogP) is 0.361. The molecule has 0 spiro atoms. The fraction of sp³-hybridized carbons (Fsp3) is 0.500. The van der Waals surface area contributed by atoms with Crippen molar-refractivity contribution in [2.45, 2.75) is 32.0 Å². The molecule has 100 valence electrons. The van der Waals surface area contributed by atoms with Gasteiger partial charge >= 0.3 is 0 Å². The summed E-state index contributed by atoms with van der Waals surface area (Å²) in [6.45, 7) is 2.01. The van der Waals surface area contributed by atoms with Crippen LogP contribution >= 0.6 is 0 Å². The summed E-state index contributed by atoms with van der Waals surface area (Å²) < 4.78 is 26.4. The zero-order valence-electron chi connectivity index (χ0n) is 10.4. The monoisotopic (exact) mass is 269 g/mol. The lowest BCUT2D eigenvalue weighted by Crippen LogP contribution is -2.45. The number of benzene rings is 1. The molecular formula is C12H19N3O2S. The van der Waals surface area contributed by atoms with Gasteiger partial charge in [0.25, 0.3) is 0 Å². The van der Waals surface area contributed by atoms with Crippen molar-refractivity contribution in [1.82, 2.24) is 15.6 Å². The third-order valence-electron chi connectivity index (χ3n) is 2.92. The highest BCUT2D eigenvalue weighted by molar-refractivity contribution is 7.89. The average molecular weight is 269 g/mol. The third-order valence-corrected chi connectivity index (χ3v) is 4.30. The molecule has 18 heavy (non-hydrogen) atoms. The van der Waals surface area contributed by atoms with Gasteiger partial charge in [-0.3, -0.25) is 5.43 Å². The number of aryl methyl sites for hydroxylation is 1. The molecule has 1 heterocycles. The molecular weight excluding hydrogens is 250 g/mol. The van der Waals surface area contributed by atoms with Crippen LogP contribution in [0.2, 0.25) is 0 Å². The molecule has 6 heteroatoms. The third kappa shape index (κ3) is 4.06. The number of hydrazine groups is 1. The molecule has 0 amide bonds. The molecule has 0 radical (unpaired) electrons. The maximum atomic E-state index is 11.9. The normalized spacial score (nSPS) is 24.3. The van der Waals surface area contributed by atoms with E-state index >= 15 is 0 Å². The first-order chi connectivity index (χ1) is 8.55. The van der Waals surface area contributed by atoms with Crippen LogP contribution < -0.4 is 15.6 Å². The van der Waals surface area contributed by atoms with Gasteiger partial charge in [0.2, 0.25) is 10.0 Å².